The van der Waals surface area contributed by atoms with Gasteiger partial charge in [0.05, 0.1) is 16.8 Å². The molecule has 0 radical (unpaired) electrons. The van der Waals surface area contributed by atoms with E-state index in [1.165, 1.54) is 11.8 Å². The van der Waals surface area contributed by atoms with Crippen molar-refractivity contribution in [1.82, 2.24) is 15.2 Å². The minimum Gasteiger partial charge on any atom is -0.452 e. The molecule has 146 valence electrons. The predicted molar refractivity (Wildman–Crippen MR) is 112 cm³/mol. The first-order chi connectivity index (χ1) is 14.2. The van der Waals surface area contributed by atoms with Crippen molar-refractivity contribution in [3.63, 3.8) is 0 Å². The first kappa shape index (κ1) is 19.6. The van der Waals surface area contributed by atoms with Crippen molar-refractivity contribution in [2.75, 3.05) is 0 Å². The van der Waals surface area contributed by atoms with E-state index in [1.54, 1.807) is 53.2 Å². The van der Waals surface area contributed by atoms with Crippen molar-refractivity contribution >= 4 is 40.7 Å². The average molecular weight is 444 g/mol. The van der Waals surface area contributed by atoms with Gasteiger partial charge in [0.15, 0.2) is 6.61 Å². The van der Waals surface area contributed by atoms with Crippen LogP contribution in [-0.2, 0) is 17.1 Å². The summed E-state index contributed by atoms with van der Waals surface area (Å²) < 4.78 is 10.9. The molecule has 0 bridgehead atoms. The topological polar surface area (TPSA) is 78.1 Å². The van der Waals surface area contributed by atoms with E-state index < -0.39 is 5.97 Å². The molecular formula is C20H14ClN3O3S2. The van der Waals surface area contributed by atoms with E-state index in [0.717, 1.165) is 16.2 Å². The molecule has 0 aliphatic carbocycles. The Labute approximate surface area is 179 Å². The molecule has 0 saturated carbocycles. The third-order valence-electron chi connectivity index (χ3n) is 3.85. The summed E-state index contributed by atoms with van der Waals surface area (Å²) in [4.78, 5) is 17.7. The summed E-state index contributed by atoms with van der Waals surface area (Å²) in [6.45, 7) is -0.107. The van der Waals surface area contributed by atoms with Crippen LogP contribution in [-0.4, -0.2) is 21.2 Å². The molecule has 0 spiro atoms. The molecule has 0 unspecified atom stereocenters. The lowest BCUT2D eigenvalue weighted by Crippen LogP contribution is -2.07. The van der Waals surface area contributed by atoms with Crippen molar-refractivity contribution in [1.29, 1.82) is 0 Å². The zero-order valence-corrected chi connectivity index (χ0v) is 17.3. The number of hydrogen-bond acceptors (Lipinski definition) is 8. The van der Waals surface area contributed by atoms with Crippen LogP contribution in [0.4, 0.5) is 0 Å². The molecule has 0 amide bonds. The van der Waals surface area contributed by atoms with Gasteiger partial charge in [-0.3, -0.25) is 0 Å². The molecule has 0 fully saturated rings. The smallest absolute Gasteiger partial charge is 0.339 e. The number of esters is 1. The number of benzene rings is 2. The van der Waals surface area contributed by atoms with Crippen LogP contribution in [0.25, 0.3) is 11.5 Å². The van der Waals surface area contributed by atoms with Gasteiger partial charge in [-0.15, -0.1) is 33.3 Å². The molecule has 0 atom stereocenters. The molecule has 0 aliphatic rings. The third kappa shape index (κ3) is 5.03. The minimum atomic E-state index is -0.447. The van der Waals surface area contributed by atoms with Crippen LogP contribution in [0, 0.1) is 0 Å². The van der Waals surface area contributed by atoms with E-state index >= 15 is 0 Å². The van der Waals surface area contributed by atoms with Crippen molar-refractivity contribution < 1.29 is 13.9 Å². The maximum absolute atomic E-state index is 12.6. The van der Waals surface area contributed by atoms with Crippen LogP contribution < -0.4 is 0 Å². The maximum Gasteiger partial charge on any atom is 0.339 e. The Kier molecular flexibility index (Phi) is 6.24. The van der Waals surface area contributed by atoms with Crippen LogP contribution in [0.5, 0.6) is 0 Å². The number of aromatic nitrogens is 3. The van der Waals surface area contributed by atoms with Crippen molar-refractivity contribution in [2.45, 2.75) is 17.3 Å². The Morgan fingerprint density at radius 2 is 1.97 bits per heavy atom. The molecule has 2 heterocycles. The van der Waals surface area contributed by atoms with Crippen LogP contribution in [0.1, 0.15) is 21.9 Å². The second kappa shape index (κ2) is 9.21. The second-order valence-electron chi connectivity index (χ2n) is 5.85. The number of thiazole rings is 1. The van der Waals surface area contributed by atoms with E-state index in [2.05, 4.69) is 15.2 Å². The minimum absolute atomic E-state index is 0.107. The fourth-order valence-corrected chi connectivity index (χ4v) is 4.18. The predicted octanol–water partition coefficient (Wildman–Crippen LogP) is 5.50. The van der Waals surface area contributed by atoms with E-state index in [4.69, 9.17) is 20.8 Å². The number of carbonyl (C=O) groups excluding carboxylic acids is 1. The zero-order valence-electron chi connectivity index (χ0n) is 14.9. The normalized spacial score (nSPS) is 10.8. The van der Waals surface area contributed by atoms with Gasteiger partial charge in [0.25, 0.3) is 5.89 Å². The van der Waals surface area contributed by atoms with Crippen LogP contribution in [0.15, 0.2) is 68.7 Å². The summed E-state index contributed by atoms with van der Waals surface area (Å²) in [5.41, 5.74) is 4.00. The van der Waals surface area contributed by atoms with Gasteiger partial charge in [-0.2, -0.15) is 0 Å². The van der Waals surface area contributed by atoms with E-state index in [0.29, 0.717) is 22.2 Å². The molecule has 0 aliphatic heterocycles. The molecular weight excluding hydrogens is 430 g/mol. The lowest BCUT2D eigenvalue weighted by atomic mass is 10.2. The Hall–Kier alpha value is -2.68. The van der Waals surface area contributed by atoms with Gasteiger partial charge < -0.3 is 9.15 Å². The summed E-state index contributed by atoms with van der Waals surface area (Å²) in [6, 6.07) is 14.3. The monoisotopic (exact) mass is 443 g/mol. The molecule has 2 aromatic carbocycles. The van der Waals surface area contributed by atoms with Crippen molar-refractivity contribution in [3.05, 3.63) is 81.6 Å². The zero-order chi connectivity index (χ0) is 20.1. The maximum atomic E-state index is 12.6. The lowest BCUT2D eigenvalue weighted by Gasteiger charge is -2.07. The molecule has 4 rings (SSSR count). The molecule has 2 aromatic heterocycles. The number of nitrogens with zero attached hydrogens (tertiary/aromatic N) is 3. The number of hydrogen-bond donors (Lipinski definition) is 0. The van der Waals surface area contributed by atoms with E-state index in [9.17, 15) is 4.79 Å². The quantitative estimate of drug-likeness (QED) is 0.276. The van der Waals surface area contributed by atoms with Gasteiger partial charge in [0.1, 0.15) is 0 Å². The Bertz CT molecular complexity index is 1100. The fourth-order valence-electron chi connectivity index (χ4n) is 2.45. The van der Waals surface area contributed by atoms with Crippen LogP contribution >= 0.6 is 34.7 Å². The number of thioether (sulfide) groups is 1. The highest BCUT2D eigenvalue weighted by Crippen LogP contribution is 2.27. The number of halogens is 1. The highest BCUT2D eigenvalue weighted by atomic mass is 35.5. The number of rotatable bonds is 7. The van der Waals surface area contributed by atoms with Gasteiger partial charge in [-0.05, 0) is 36.4 Å². The van der Waals surface area contributed by atoms with Gasteiger partial charge in [-0.25, -0.2) is 9.78 Å². The first-order valence-corrected chi connectivity index (χ1v) is 10.8. The summed E-state index contributed by atoms with van der Waals surface area (Å²) >= 11 is 8.97. The molecule has 9 heteroatoms. The second-order valence-corrected chi connectivity index (χ2v) is 8.02. The Morgan fingerprint density at radius 3 is 2.76 bits per heavy atom. The van der Waals surface area contributed by atoms with Crippen molar-refractivity contribution in [2.24, 2.45) is 0 Å². The summed E-state index contributed by atoms with van der Waals surface area (Å²) in [6.07, 6.45) is 0. The molecule has 0 saturated heterocycles. The van der Waals surface area contributed by atoms with Gasteiger partial charge in [-0.1, -0.05) is 23.7 Å². The van der Waals surface area contributed by atoms with Crippen molar-refractivity contribution in [3.8, 4) is 11.5 Å². The van der Waals surface area contributed by atoms with Gasteiger partial charge in [0.2, 0.25) is 5.89 Å². The molecule has 4 aromatic rings. The Balaban J connectivity index is 1.39. The highest BCUT2D eigenvalue weighted by molar-refractivity contribution is 7.98. The third-order valence-corrected chi connectivity index (χ3v) is 5.85. The first-order valence-electron chi connectivity index (χ1n) is 8.53. The molecule has 6 nitrogen and oxygen atoms in total. The van der Waals surface area contributed by atoms with E-state index in [1.807, 2.05) is 17.5 Å². The van der Waals surface area contributed by atoms with Crippen LogP contribution in [0.2, 0.25) is 5.02 Å². The van der Waals surface area contributed by atoms with Gasteiger partial charge >= 0.3 is 5.97 Å². The van der Waals surface area contributed by atoms with Gasteiger partial charge in [0, 0.05) is 26.6 Å². The fraction of sp³-hybridized carbons (Fsp3) is 0.100. The molecule has 0 N–H and O–H groups in total. The summed E-state index contributed by atoms with van der Waals surface area (Å²) in [7, 11) is 0. The Morgan fingerprint density at radius 1 is 1.14 bits per heavy atom. The van der Waals surface area contributed by atoms with E-state index in [-0.39, 0.29) is 12.5 Å². The van der Waals surface area contributed by atoms with Crippen LogP contribution in [0.3, 0.4) is 0 Å². The lowest BCUT2D eigenvalue weighted by molar-refractivity contribution is 0.0434. The highest BCUT2D eigenvalue weighted by Gasteiger charge is 2.16. The largest absolute Gasteiger partial charge is 0.452 e. The number of carbonyl (C=O) groups is 1. The average Bonchev–Trinajstić information content (AvgIpc) is 3.43. The molecule has 29 heavy (non-hydrogen) atoms. The number of ether oxygens (including phenoxy) is 1. The standard InChI is InChI=1S/C20H14ClN3O3S2/c21-14-7-5-13(6-8-14)19-24-23-18(27-19)9-26-20(25)16-3-1-2-4-17(16)29-11-15-10-28-12-22-15/h1-8,10,12H,9,11H2. The summed E-state index contributed by atoms with van der Waals surface area (Å²) in [5.74, 6) is 0.794. The SMILES string of the molecule is O=C(OCc1nnc(-c2ccc(Cl)cc2)o1)c1ccccc1SCc1cscn1. The summed E-state index contributed by atoms with van der Waals surface area (Å²) in [5, 5.41) is 10.5.